The summed E-state index contributed by atoms with van der Waals surface area (Å²) in [5, 5.41) is 3.20. The lowest BCUT2D eigenvalue weighted by Crippen LogP contribution is -3.00. The van der Waals surface area contributed by atoms with Gasteiger partial charge in [0, 0.05) is 56.8 Å². The summed E-state index contributed by atoms with van der Waals surface area (Å²) >= 11 is 0. The Balaban J connectivity index is 0. The van der Waals surface area contributed by atoms with E-state index < -0.39 is 15.0 Å². The summed E-state index contributed by atoms with van der Waals surface area (Å²) in [5.74, 6) is 10.8. The van der Waals surface area contributed by atoms with Crippen LogP contribution >= 0.6 is 58.2 Å². The van der Waals surface area contributed by atoms with E-state index in [1.54, 1.807) is 0 Å². The summed E-state index contributed by atoms with van der Waals surface area (Å²) in [7, 11) is 3.30. The smallest absolute Gasteiger partial charge is 0.405 e. The van der Waals surface area contributed by atoms with Crippen molar-refractivity contribution in [3.05, 3.63) is 0 Å². The van der Waals surface area contributed by atoms with Gasteiger partial charge in [0.25, 0.3) is 0 Å². The minimum absolute atomic E-state index is 0. The van der Waals surface area contributed by atoms with Crippen molar-refractivity contribution in [1.82, 2.24) is 5.09 Å². The van der Waals surface area contributed by atoms with Gasteiger partial charge in [-0.25, -0.2) is 9.65 Å². The second kappa shape index (κ2) is 41.6. The Kier molecular flexibility index (Phi) is 44.7. The molecule has 0 aromatic rings. The summed E-state index contributed by atoms with van der Waals surface area (Å²) < 4.78 is 25.6. The Labute approximate surface area is 404 Å². The third-order valence-corrected chi connectivity index (χ3v) is 20.1. The second-order valence-electron chi connectivity index (χ2n) is 21.0. The molecule has 60 heavy (non-hydrogen) atoms. The first-order chi connectivity index (χ1) is 27.9. The van der Waals surface area contributed by atoms with Gasteiger partial charge in [-0.05, 0) is 60.2 Å². The third-order valence-electron chi connectivity index (χ3n) is 12.0. The van der Waals surface area contributed by atoms with Crippen LogP contribution in [-0.4, -0.2) is 68.9 Å². The van der Waals surface area contributed by atoms with Gasteiger partial charge in [-0.1, -0.05) is 228 Å². The van der Waals surface area contributed by atoms with Crippen molar-refractivity contribution in [3.63, 3.8) is 0 Å². The lowest BCUT2D eigenvalue weighted by atomic mass is 9.91. The van der Waals surface area contributed by atoms with Crippen molar-refractivity contribution in [2.45, 2.75) is 198 Å². The van der Waals surface area contributed by atoms with Crippen LogP contribution in [0.5, 0.6) is 0 Å². The van der Waals surface area contributed by atoms with E-state index in [-0.39, 0.29) is 17.0 Å². The van der Waals surface area contributed by atoms with Crippen LogP contribution < -0.4 is 22.1 Å². The van der Waals surface area contributed by atoms with Crippen LogP contribution in [0.4, 0.5) is 0 Å². The molecule has 0 aromatic carbocycles. The van der Waals surface area contributed by atoms with Crippen molar-refractivity contribution in [3.8, 4) is 0 Å². The number of nitrogens with one attached hydrogen (secondary N) is 1. The Morgan fingerprint density at radius 3 is 0.983 bits per heavy atom. The molecule has 364 valence electrons. The molecular formula is C49H104BrNO3P2S4. The van der Waals surface area contributed by atoms with Gasteiger partial charge in [-0.3, -0.25) is 9.05 Å². The van der Waals surface area contributed by atoms with E-state index in [9.17, 15) is 4.57 Å². The molecule has 0 spiro atoms. The highest BCUT2D eigenvalue weighted by molar-refractivity contribution is 8.77. The fourth-order valence-electron chi connectivity index (χ4n) is 7.64. The van der Waals surface area contributed by atoms with E-state index in [1.807, 2.05) is 43.2 Å². The van der Waals surface area contributed by atoms with Crippen LogP contribution in [0, 0.1) is 47.3 Å². The first kappa shape index (κ1) is 64.5. The summed E-state index contributed by atoms with van der Waals surface area (Å²) in [6.07, 6.45) is 28.6. The average Bonchev–Trinajstić information content (AvgIpc) is 3.13. The van der Waals surface area contributed by atoms with Crippen molar-refractivity contribution in [2.75, 3.05) is 68.9 Å². The molecule has 4 nitrogen and oxygen atoms in total. The van der Waals surface area contributed by atoms with Gasteiger partial charge < -0.3 is 17.0 Å². The molecule has 0 heterocycles. The minimum atomic E-state index is -3.31. The Bertz CT molecular complexity index is 917. The van der Waals surface area contributed by atoms with E-state index in [0.29, 0.717) is 19.8 Å². The summed E-state index contributed by atoms with van der Waals surface area (Å²) in [6.45, 7) is 32.6. The van der Waals surface area contributed by atoms with E-state index in [4.69, 9.17) is 9.05 Å². The predicted octanol–water partition coefficient (Wildman–Crippen LogP) is 15.3. The normalized spacial score (nSPS) is 16.4. The third kappa shape index (κ3) is 45.6. The zero-order valence-electron chi connectivity index (χ0n) is 42.0. The molecule has 6 unspecified atom stereocenters. The lowest BCUT2D eigenvalue weighted by Gasteiger charge is -2.20. The molecule has 11 heteroatoms. The molecule has 0 bridgehead atoms. The van der Waals surface area contributed by atoms with Crippen LogP contribution in [0.2, 0.25) is 0 Å². The van der Waals surface area contributed by atoms with Crippen LogP contribution in [0.15, 0.2) is 0 Å². The summed E-state index contributed by atoms with van der Waals surface area (Å²) in [6, 6.07) is 0. The van der Waals surface area contributed by atoms with Crippen molar-refractivity contribution >= 4 is 58.2 Å². The fourth-order valence-corrected chi connectivity index (χ4v) is 14.3. The van der Waals surface area contributed by atoms with Crippen molar-refractivity contribution in [2.24, 2.45) is 47.3 Å². The van der Waals surface area contributed by atoms with Gasteiger partial charge >= 0.3 is 7.75 Å². The standard InChI is InChI=1S/C49H104NO3P2S4.BrH/c1-42(2)20-14-22-44(5)24-16-26-46(7)28-18-30-48(9)32-38-56-58-40-35-52-55(51,50-34-37-54(11,12)13)53-36-41-59-57-39-33-49(10)31-19-29-47(8)27-17-25-45(6)23-15-21-43(3)4;/h42-49H,14-41H2,1-13H3,(H,50,51);1H/q+1;/p-1. The van der Waals surface area contributed by atoms with Crippen molar-refractivity contribution < 1.29 is 30.6 Å². The first-order valence-corrected chi connectivity index (χ1v) is 34.7. The van der Waals surface area contributed by atoms with Gasteiger partial charge in [0.15, 0.2) is 0 Å². The van der Waals surface area contributed by atoms with Crippen LogP contribution in [0.3, 0.4) is 0 Å². The van der Waals surface area contributed by atoms with Gasteiger partial charge in [0.1, 0.15) is 0 Å². The first-order valence-electron chi connectivity index (χ1n) is 24.8. The molecule has 0 aliphatic carbocycles. The van der Waals surface area contributed by atoms with E-state index in [1.165, 1.54) is 140 Å². The zero-order chi connectivity index (χ0) is 44.4. The van der Waals surface area contributed by atoms with Crippen LogP contribution in [0.1, 0.15) is 198 Å². The Hall–Kier alpha value is 2.42. The Morgan fingerprint density at radius 1 is 0.433 bits per heavy atom. The molecule has 0 aromatic heterocycles. The van der Waals surface area contributed by atoms with Gasteiger partial charge in [0.2, 0.25) is 0 Å². The highest BCUT2D eigenvalue weighted by Gasteiger charge is 2.26. The summed E-state index contributed by atoms with van der Waals surface area (Å²) in [5.41, 5.74) is 0. The largest absolute Gasteiger partial charge is 1.00 e. The maximum absolute atomic E-state index is 13.7. The zero-order valence-corrected chi connectivity index (χ0v) is 48.7. The number of rotatable bonds is 44. The lowest BCUT2D eigenvalue weighted by molar-refractivity contribution is -0.0000187. The monoisotopic (exact) mass is 1020 g/mol. The molecule has 0 amide bonds. The second-order valence-corrected chi connectivity index (χ2v) is 33.2. The molecule has 0 aliphatic rings. The molecule has 0 saturated carbocycles. The maximum atomic E-state index is 13.7. The van der Waals surface area contributed by atoms with E-state index in [0.717, 1.165) is 65.0 Å². The number of hydrogen-bond donors (Lipinski definition) is 1. The van der Waals surface area contributed by atoms with Gasteiger partial charge in [0.05, 0.1) is 19.4 Å². The molecular weight excluding hydrogens is 921 g/mol. The highest BCUT2D eigenvalue weighted by Crippen LogP contribution is 2.48. The molecule has 0 rings (SSSR count). The molecule has 0 aliphatic heterocycles. The quantitative estimate of drug-likeness (QED) is 0.0368. The topological polar surface area (TPSA) is 47.6 Å². The molecule has 1 N–H and O–H groups in total. The van der Waals surface area contributed by atoms with E-state index >= 15 is 0 Å². The van der Waals surface area contributed by atoms with Crippen LogP contribution in [0.25, 0.3) is 0 Å². The van der Waals surface area contributed by atoms with Crippen molar-refractivity contribution in [1.29, 1.82) is 0 Å². The molecule has 0 fully saturated rings. The number of halogens is 1. The predicted molar refractivity (Wildman–Crippen MR) is 284 cm³/mol. The number of hydrogen-bond acceptors (Lipinski definition) is 7. The summed E-state index contributed by atoms with van der Waals surface area (Å²) in [4.78, 5) is 0. The van der Waals surface area contributed by atoms with Crippen LogP contribution in [-0.2, 0) is 13.6 Å². The van der Waals surface area contributed by atoms with Gasteiger partial charge in [-0.15, -0.1) is 0 Å². The highest BCUT2D eigenvalue weighted by atomic mass is 79.9. The van der Waals surface area contributed by atoms with E-state index in [2.05, 4.69) is 94.3 Å². The molecule has 0 radical (unpaired) electrons. The Morgan fingerprint density at radius 2 is 0.700 bits per heavy atom. The fraction of sp³-hybridized carbons (Fsp3) is 1.00. The average molecular weight is 1030 g/mol. The van der Waals surface area contributed by atoms with Gasteiger partial charge in [-0.2, -0.15) is 0 Å². The molecule has 6 atom stereocenters. The SMILES string of the molecule is CC(C)CCCC(C)CCCC(C)CCCC(C)CCSSCCOP(=O)(NCC[P+](C)(C)C)OCCSSCCC(C)CCCC(C)CCCC(C)CCCC(C)C.[Br-]. The maximum Gasteiger partial charge on any atom is 0.405 e. The minimum Gasteiger partial charge on any atom is -1.00 e. The molecule has 0 saturated heterocycles.